The van der Waals surface area contributed by atoms with Gasteiger partial charge in [-0.15, -0.1) is 13.2 Å². The summed E-state index contributed by atoms with van der Waals surface area (Å²) in [5, 5.41) is 0.903. The summed E-state index contributed by atoms with van der Waals surface area (Å²) in [6, 6.07) is 10.2. The maximum Gasteiger partial charge on any atom is 0.573 e. The van der Waals surface area contributed by atoms with Crippen LogP contribution in [0.5, 0.6) is 5.75 Å². The SMILES string of the molecule is CN1C2CCC1CN(C(=O)C13CC1c1cc(OC(F)(F)F)ccc1-c1c(C4CCCCC4)c4ccc(C(=O)NS(=O)(=O)N(C)C)cc4n1C3)C2. The van der Waals surface area contributed by atoms with Crippen molar-refractivity contribution in [1.29, 1.82) is 0 Å². The van der Waals surface area contributed by atoms with Gasteiger partial charge in [0.25, 0.3) is 5.91 Å². The van der Waals surface area contributed by atoms with Crippen LogP contribution in [0.1, 0.15) is 84.7 Å². The van der Waals surface area contributed by atoms with Crippen molar-refractivity contribution in [3.8, 4) is 17.0 Å². The average Bonchev–Trinajstić information content (AvgIpc) is 3.69. The second-order valence-corrected chi connectivity index (χ2v) is 17.0. The summed E-state index contributed by atoms with van der Waals surface area (Å²) in [6.45, 7) is 1.52. The van der Waals surface area contributed by atoms with Crippen molar-refractivity contribution in [2.45, 2.75) is 88.2 Å². The van der Waals surface area contributed by atoms with E-state index in [-0.39, 0.29) is 41.1 Å². The van der Waals surface area contributed by atoms with Gasteiger partial charge in [-0.05, 0) is 86.5 Å². The lowest BCUT2D eigenvalue weighted by atomic mass is 9.81. The van der Waals surface area contributed by atoms with E-state index in [2.05, 4.69) is 26.0 Å². The lowest BCUT2D eigenvalue weighted by Gasteiger charge is -2.40. The summed E-state index contributed by atoms with van der Waals surface area (Å²) < 4.78 is 75.2. The van der Waals surface area contributed by atoms with Crippen molar-refractivity contribution in [3.05, 3.63) is 53.1 Å². The third kappa shape index (κ3) is 5.49. The largest absolute Gasteiger partial charge is 0.573 e. The number of hydrogen-bond acceptors (Lipinski definition) is 6. The zero-order valence-electron chi connectivity index (χ0n) is 28.4. The number of ether oxygens (including phenoxy) is 1. The number of halogens is 3. The Morgan fingerprint density at radius 1 is 0.980 bits per heavy atom. The van der Waals surface area contributed by atoms with Crippen LogP contribution < -0.4 is 9.46 Å². The number of aromatic nitrogens is 1. The molecule has 2 amide bonds. The first-order valence-electron chi connectivity index (χ1n) is 17.5. The molecule has 0 spiro atoms. The van der Waals surface area contributed by atoms with Gasteiger partial charge in [0.1, 0.15) is 5.75 Å². The molecule has 268 valence electrons. The van der Waals surface area contributed by atoms with Gasteiger partial charge < -0.3 is 14.2 Å². The molecule has 2 saturated carbocycles. The number of likely N-dealkylation sites (tertiary alicyclic amines) is 1. The Morgan fingerprint density at radius 2 is 1.68 bits per heavy atom. The highest BCUT2D eigenvalue weighted by Crippen LogP contribution is 2.66. The van der Waals surface area contributed by atoms with Crippen molar-refractivity contribution < 1.29 is 35.9 Å². The first-order valence-corrected chi connectivity index (χ1v) is 18.9. The number of rotatable bonds is 6. The summed E-state index contributed by atoms with van der Waals surface area (Å²) in [5.74, 6) is -1.22. The Balaban J connectivity index is 1.31. The highest BCUT2D eigenvalue weighted by Gasteiger charge is 2.64. The molecule has 2 aromatic carbocycles. The molecule has 2 bridgehead atoms. The fraction of sp³-hybridized carbons (Fsp3) is 0.556. The number of amides is 2. The molecule has 8 rings (SSSR count). The van der Waals surface area contributed by atoms with Crippen molar-refractivity contribution in [2.75, 3.05) is 34.2 Å². The molecule has 4 atom stereocenters. The van der Waals surface area contributed by atoms with E-state index in [0.29, 0.717) is 37.1 Å². The van der Waals surface area contributed by atoms with Crippen LogP contribution in [-0.2, 0) is 21.5 Å². The molecule has 4 unspecified atom stereocenters. The molecular formula is C36H42F3N5O5S. The minimum Gasteiger partial charge on any atom is -0.406 e. The van der Waals surface area contributed by atoms with Gasteiger partial charge in [-0.2, -0.15) is 12.7 Å². The summed E-state index contributed by atoms with van der Waals surface area (Å²) in [7, 11) is 0.718. The summed E-state index contributed by atoms with van der Waals surface area (Å²) in [6.07, 6.45) is 2.75. The number of piperazine rings is 1. The predicted octanol–water partition coefficient (Wildman–Crippen LogP) is 5.58. The minimum absolute atomic E-state index is 0.0143. The third-order valence-corrected chi connectivity index (χ3v) is 13.4. The van der Waals surface area contributed by atoms with E-state index in [0.717, 1.165) is 71.5 Å². The van der Waals surface area contributed by atoms with Crippen LogP contribution in [0.4, 0.5) is 13.2 Å². The van der Waals surface area contributed by atoms with Crippen molar-refractivity contribution in [1.82, 2.24) is 23.4 Å². The zero-order valence-corrected chi connectivity index (χ0v) is 29.2. The standard InChI is InChI=1S/C36H42F3N5O5S/c1-41(2)50(47,48)40-33(45)22-9-13-27-30(15-22)44-20-35(34(46)43-18-23-10-11-24(19-43)42(23)3)17-29(35)28-16-25(49-36(37,38)39)12-14-26(28)32(44)31(27)21-7-5-4-6-8-21/h9,12-16,21,23-24,29H,4-8,10-11,17-20H2,1-3H3,(H,40,45). The maximum absolute atomic E-state index is 14.8. The van der Waals surface area contributed by atoms with Crippen LogP contribution in [0.15, 0.2) is 36.4 Å². The second kappa shape index (κ2) is 11.7. The molecule has 5 aliphatic rings. The minimum atomic E-state index is -4.87. The van der Waals surface area contributed by atoms with Crippen molar-refractivity contribution in [3.63, 3.8) is 0 Å². The lowest BCUT2D eigenvalue weighted by molar-refractivity contribution is -0.274. The molecule has 14 heteroatoms. The molecule has 10 nitrogen and oxygen atoms in total. The number of benzene rings is 2. The number of likely N-dealkylation sites (N-methyl/N-ethyl adjacent to an activating group) is 1. The van der Waals surface area contributed by atoms with E-state index in [1.807, 2.05) is 11.0 Å². The molecule has 4 fully saturated rings. The fourth-order valence-corrected chi connectivity index (χ4v) is 9.89. The maximum atomic E-state index is 14.8. The van der Waals surface area contributed by atoms with Crippen LogP contribution in [0.3, 0.4) is 0 Å². The van der Waals surface area contributed by atoms with E-state index < -0.39 is 27.9 Å². The number of nitrogens with one attached hydrogen (secondary N) is 1. The van der Waals surface area contributed by atoms with E-state index in [1.165, 1.54) is 26.2 Å². The number of carbonyl (C=O) groups excluding carboxylic acids is 2. The van der Waals surface area contributed by atoms with Crippen molar-refractivity contribution >= 4 is 32.9 Å². The molecule has 50 heavy (non-hydrogen) atoms. The molecule has 2 aliphatic carbocycles. The number of nitrogens with zero attached hydrogens (tertiary/aromatic N) is 4. The molecule has 2 saturated heterocycles. The molecule has 1 aromatic heterocycles. The summed E-state index contributed by atoms with van der Waals surface area (Å²) in [5.41, 5.74) is 3.33. The Labute approximate surface area is 289 Å². The number of carbonyl (C=O) groups is 2. The normalized spacial score (nSPS) is 26.7. The smallest absolute Gasteiger partial charge is 0.406 e. The van der Waals surface area contributed by atoms with Crippen LogP contribution in [0.25, 0.3) is 22.2 Å². The van der Waals surface area contributed by atoms with E-state index in [9.17, 15) is 31.2 Å². The molecule has 4 heterocycles. The predicted molar refractivity (Wildman–Crippen MR) is 181 cm³/mol. The Hall–Kier alpha value is -3.62. The summed E-state index contributed by atoms with van der Waals surface area (Å²) in [4.78, 5) is 32.5. The number of hydrogen-bond donors (Lipinski definition) is 1. The van der Waals surface area contributed by atoms with Gasteiger partial charge in [0, 0.05) is 73.8 Å². The molecular weight excluding hydrogens is 671 g/mol. The Bertz CT molecular complexity index is 1990. The van der Waals surface area contributed by atoms with Gasteiger partial charge in [-0.25, -0.2) is 4.72 Å². The van der Waals surface area contributed by atoms with E-state index >= 15 is 0 Å². The fourth-order valence-electron chi connectivity index (χ4n) is 9.35. The molecule has 3 aromatic rings. The van der Waals surface area contributed by atoms with Gasteiger partial charge in [0.05, 0.1) is 11.1 Å². The van der Waals surface area contributed by atoms with Crippen molar-refractivity contribution in [2.24, 2.45) is 5.41 Å². The van der Waals surface area contributed by atoms with Crippen LogP contribution in [0.2, 0.25) is 0 Å². The number of fused-ring (bicyclic) bond motifs is 9. The first-order chi connectivity index (χ1) is 23.7. The molecule has 0 radical (unpaired) electrons. The average molecular weight is 714 g/mol. The Morgan fingerprint density at radius 3 is 2.34 bits per heavy atom. The topological polar surface area (TPSA) is 104 Å². The molecule has 1 N–H and O–H groups in total. The van der Waals surface area contributed by atoms with Crippen LogP contribution in [0, 0.1) is 5.41 Å². The quantitative estimate of drug-likeness (QED) is 0.358. The summed E-state index contributed by atoms with van der Waals surface area (Å²) >= 11 is 0. The monoisotopic (exact) mass is 713 g/mol. The van der Waals surface area contributed by atoms with E-state index in [4.69, 9.17) is 0 Å². The van der Waals surface area contributed by atoms with Gasteiger partial charge in [0.2, 0.25) is 5.91 Å². The van der Waals surface area contributed by atoms with Gasteiger partial charge in [-0.1, -0.05) is 25.3 Å². The first kappa shape index (κ1) is 33.5. The molecule has 3 aliphatic heterocycles. The Kier molecular flexibility index (Phi) is 7.85. The lowest BCUT2D eigenvalue weighted by Crippen LogP contribution is -2.55. The van der Waals surface area contributed by atoms with Gasteiger partial charge in [-0.3, -0.25) is 14.5 Å². The highest BCUT2D eigenvalue weighted by atomic mass is 32.2. The van der Waals surface area contributed by atoms with Gasteiger partial charge in [0.15, 0.2) is 0 Å². The third-order valence-electron chi connectivity index (χ3n) is 12.0. The van der Waals surface area contributed by atoms with Gasteiger partial charge >= 0.3 is 16.6 Å². The van der Waals surface area contributed by atoms with Crippen LogP contribution in [-0.4, -0.2) is 91.6 Å². The second-order valence-electron chi connectivity index (χ2n) is 15.1. The highest BCUT2D eigenvalue weighted by molar-refractivity contribution is 7.87. The van der Waals surface area contributed by atoms with Crippen LogP contribution >= 0.6 is 0 Å². The van der Waals surface area contributed by atoms with E-state index in [1.54, 1.807) is 18.2 Å². The zero-order chi connectivity index (χ0) is 35.3. The number of alkyl halides is 3.